The standard InChI is InChI=1S/C24H31N3O7/c1-15-6-4-5-8-24(15)22(30)27(23(31)25-24)13-21(29)34-14-20(28)26-9-7-16-10-18(32-2)19(33-3)11-17(16)12-26/h10-11,15H,4-9,12-14H2,1-3H3,(H,25,31). The van der Waals surface area contributed by atoms with Crippen molar-refractivity contribution in [1.29, 1.82) is 0 Å². The van der Waals surface area contributed by atoms with Gasteiger partial charge in [0.2, 0.25) is 0 Å². The number of imide groups is 1. The zero-order chi connectivity index (χ0) is 24.5. The molecule has 1 saturated heterocycles. The van der Waals surface area contributed by atoms with Crippen molar-refractivity contribution >= 4 is 23.8 Å². The molecule has 10 nitrogen and oxygen atoms in total. The molecule has 1 saturated carbocycles. The second-order valence-electron chi connectivity index (χ2n) is 9.14. The van der Waals surface area contributed by atoms with E-state index in [1.54, 1.807) is 19.1 Å². The highest BCUT2D eigenvalue weighted by atomic mass is 16.5. The van der Waals surface area contributed by atoms with Gasteiger partial charge in [-0.05, 0) is 48.4 Å². The Hall–Kier alpha value is -3.30. The van der Waals surface area contributed by atoms with Crippen molar-refractivity contribution in [2.75, 3.05) is 33.9 Å². The molecule has 1 N–H and O–H groups in total. The van der Waals surface area contributed by atoms with Crippen LogP contribution in [0.15, 0.2) is 12.1 Å². The minimum absolute atomic E-state index is 0.000805. The lowest BCUT2D eigenvalue weighted by atomic mass is 9.73. The molecule has 184 valence electrons. The van der Waals surface area contributed by atoms with Crippen molar-refractivity contribution in [2.24, 2.45) is 5.92 Å². The Morgan fingerprint density at radius 1 is 1.12 bits per heavy atom. The lowest BCUT2D eigenvalue weighted by Crippen LogP contribution is -2.54. The number of fused-ring (bicyclic) bond motifs is 1. The van der Waals surface area contributed by atoms with Gasteiger partial charge >= 0.3 is 12.0 Å². The van der Waals surface area contributed by atoms with Crippen LogP contribution < -0.4 is 14.8 Å². The van der Waals surface area contributed by atoms with Gasteiger partial charge in [0.05, 0.1) is 14.2 Å². The van der Waals surface area contributed by atoms with Crippen LogP contribution in [0.1, 0.15) is 43.7 Å². The van der Waals surface area contributed by atoms with Crippen molar-refractivity contribution < 1.29 is 33.4 Å². The average molecular weight is 474 g/mol. The van der Waals surface area contributed by atoms with E-state index >= 15 is 0 Å². The van der Waals surface area contributed by atoms with Gasteiger partial charge in [0, 0.05) is 13.1 Å². The number of rotatable bonds is 6. The normalized spacial score (nSPS) is 24.0. The van der Waals surface area contributed by atoms with Crippen LogP contribution in [-0.4, -0.2) is 73.1 Å². The second-order valence-corrected chi connectivity index (χ2v) is 9.14. The summed E-state index contributed by atoms with van der Waals surface area (Å²) >= 11 is 0. The number of hydrogen-bond acceptors (Lipinski definition) is 7. The Bertz CT molecular complexity index is 1010. The Labute approximate surface area is 198 Å². The fourth-order valence-corrected chi connectivity index (χ4v) is 5.14. The molecule has 2 aliphatic heterocycles. The van der Waals surface area contributed by atoms with Gasteiger partial charge in [0.15, 0.2) is 18.1 Å². The quantitative estimate of drug-likeness (QED) is 0.493. The van der Waals surface area contributed by atoms with Crippen LogP contribution in [0.25, 0.3) is 0 Å². The Morgan fingerprint density at radius 3 is 2.50 bits per heavy atom. The molecule has 1 aromatic rings. The molecule has 2 fully saturated rings. The number of ether oxygens (including phenoxy) is 3. The van der Waals surface area contributed by atoms with Gasteiger partial charge in [0.1, 0.15) is 12.1 Å². The lowest BCUT2D eigenvalue weighted by molar-refractivity contribution is -0.154. The van der Waals surface area contributed by atoms with E-state index in [1.807, 2.05) is 19.1 Å². The Morgan fingerprint density at radius 2 is 1.82 bits per heavy atom. The molecule has 0 radical (unpaired) electrons. The SMILES string of the molecule is COc1cc2c(cc1OC)CN(C(=O)COC(=O)CN1C(=O)NC3(CCCCC3C)C1=O)CC2. The van der Waals surface area contributed by atoms with Crippen LogP contribution in [0.4, 0.5) is 4.79 Å². The van der Waals surface area contributed by atoms with E-state index in [0.717, 1.165) is 35.3 Å². The smallest absolute Gasteiger partial charge is 0.326 e. The summed E-state index contributed by atoms with van der Waals surface area (Å²) in [6.45, 7) is 1.82. The van der Waals surface area contributed by atoms with Gasteiger partial charge in [-0.3, -0.25) is 19.3 Å². The number of nitrogens with one attached hydrogen (secondary N) is 1. The maximum Gasteiger partial charge on any atom is 0.326 e. The van der Waals surface area contributed by atoms with Crippen LogP contribution in [0.2, 0.25) is 0 Å². The molecule has 4 amide bonds. The monoisotopic (exact) mass is 473 g/mol. The number of carbonyl (C=O) groups excluding carboxylic acids is 4. The summed E-state index contributed by atoms with van der Waals surface area (Å²) in [5, 5.41) is 2.80. The number of hydrogen-bond donors (Lipinski definition) is 1. The molecule has 3 aliphatic rings. The van der Waals surface area contributed by atoms with Crippen LogP contribution in [0.3, 0.4) is 0 Å². The highest BCUT2D eigenvalue weighted by molar-refractivity contribution is 6.09. The first-order valence-electron chi connectivity index (χ1n) is 11.6. The van der Waals surface area contributed by atoms with Gasteiger partial charge in [-0.25, -0.2) is 4.79 Å². The van der Waals surface area contributed by atoms with E-state index in [4.69, 9.17) is 14.2 Å². The molecule has 1 aromatic carbocycles. The lowest BCUT2D eigenvalue weighted by Gasteiger charge is -2.36. The summed E-state index contributed by atoms with van der Waals surface area (Å²) in [7, 11) is 3.13. The van der Waals surface area contributed by atoms with Gasteiger partial charge in [-0.1, -0.05) is 19.8 Å². The third-order valence-corrected chi connectivity index (χ3v) is 7.22. The van der Waals surface area contributed by atoms with Crippen molar-refractivity contribution in [2.45, 2.75) is 51.1 Å². The zero-order valence-electron chi connectivity index (χ0n) is 19.8. The number of methoxy groups -OCH3 is 2. The van der Waals surface area contributed by atoms with Gasteiger partial charge in [0.25, 0.3) is 11.8 Å². The average Bonchev–Trinajstić information content (AvgIpc) is 3.07. The van der Waals surface area contributed by atoms with Crippen molar-refractivity contribution in [3.8, 4) is 11.5 Å². The molecule has 2 atom stereocenters. The van der Waals surface area contributed by atoms with Gasteiger partial charge in [-0.15, -0.1) is 0 Å². The predicted molar refractivity (Wildman–Crippen MR) is 120 cm³/mol. The minimum Gasteiger partial charge on any atom is -0.493 e. The molecule has 1 aliphatic carbocycles. The van der Waals surface area contributed by atoms with Crippen molar-refractivity contribution in [3.05, 3.63) is 23.3 Å². The number of carbonyl (C=O) groups is 4. The largest absolute Gasteiger partial charge is 0.493 e. The molecular formula is C24H31N3O7. The van der Waals surface area contributed by atoms with E-state index in [9.17, 15) is 19.2 Å². The van der Waals surface area contributed by atoms with Crippen LogP contribution in [-0.2, 0) is 32.1 Å². The molecule has 0 bridgehead atoms. The Balaban J connectivity index is 1.32. The van der Waals surface area contributed by atoms with E-state index in [-0.39, 0.29) is 17.7 Å². The number of urea groups is 1. The number of amides is 4. The summed E-state index contributed by atoms with van der Waals surface area (Å²) in [4.78, 5) is 53.0. The molecule has 0 aromatic heterocycles. The van der Waals surface area contributed by atoms with Crippen molar-refractivity contribution in [1.82, 2.24) is 15.1 Å². The van der Waals surface area contributed by atoms with Crippen LogP contribution in [0, 0.1) is 5.92 Å². The molecular weight excluding hydrogens is 442 g/mol. The maximum atomic E-state index is 13.0. The molecule has 1 spiro atoms. The van der Waals surface area contributed by atoms with E-state index in [0.29, 0.717) is 37.4 Å². The molecule has 2 heterocycles. The van der Waals surface area contributed by atoms with E-state index in [2.05, 4.69) is 5.32 Å². The summed E-state index contributed by atoms with van der Waals surface area (Å²) in [6, 6.07) is 3.17. The topological polar surface area (TPSA) is 114 Å². The van der Waals surface area contributed by atoms with Crippen molar-refractivity contribution in [3.63, 3.8) is 0 Å². The zero-order valence-corrected chi connectivity index (χ0v) is 19.8. The second kappa shape index (κ2) is 9.52. The fraction of sp³-hybridized carbons (Fsp3) is 0.583. The highest BCUT2D eigenvalue weighted by Crippen LogP contribution is 2.38. The summed E-state index contributed by atoms with van der Waals surface area (Å²) in [6.07, 6.45) is 3.91. The third kappa shape index (κ3) is 4.28. The summed E-state index contributed by atoms with van der Waals surface area (Å²) in [5.74, 6) is -0.296. The summed E-state index contributed by atoms with van der Waals surface area (Å²) < 4.78 is 15.8. The van der Waals surface area contributed by atoms with Gasteiger partial charge in [-0.2, -0.15) is 0 Å². The summed E-state index contributed by atoms with van der Waals surface area (Å²) in [5.41, 5.74) is 1.08. The number of benzene rings is 1. The fourth-order valence-electron chi connectivity index (χ4n) is 5.14. The predicted octanol–water partition coefficient (Wildman–Crippen LogP) is 1.63. The molecule has 4 rings (SSSR count). The van der Waals surface area contributed by atoms with E-state index < -0.39 is 30.7 Å². The minimum atomic E-state index is -0.934. The number of nitrogens with zero attached hydrogens (tertiary/aromatic N) is 2. The first-order chi connectivity index (χ1) is 16.3. The first kappa shape index (κ1) is 23.8. The first-order valence-corrected chi connectivity index (χ1v) is 11.6. The number of esters is 1. The molecule has 10 heteroatoms. The Kier molecular flexibility index (Phi) is 6.67. The molecule has 34 heavy (non-hydrogen) atoms. The van der Waals surface area contributed by atoms with Crippen LogP contribution in [0.5, 0.6) is 11.5 Å². The van der Waals surface area contributed by atoms with Gasteiger partial charge < -0.3 is 24.4 Å². The third-order valence-electron chi connectivity index (χ3n) is 7.22. The highest BCUT2D eigenvalue weighted by Gasteiger charge is 2.55. The van der Waals surface area contributed by atoms with E-state index in [1.165, 1.54) is 0 Å². The molecule has 2 unspecified atom stereocenters. The van der Waals surface area contributed by atoms with Crippen LogP contribution >= 0.6 is 0 Å². The maximum absolute atomic E-state index is 13.0.